The van der Waals surface area contributed by atoms with Gasteiger partial charge in [0, 0.05) is 51.6 Å². The summed E-state index contributed by atoms with van der Waals surface area (Å²) >= 11 is 0. The van der Waals surface area contributed by atoms with Crippen LogP contribution < -0.4 is 9.47 Å². The third-order valence-electron chi connectivity index (χ3n) is 4.50. The standard InChI is InChI=1S/C18H24N4O4/c1-13-19-20-17(26-13)6-7-21-8-10-22(11-9-21)18(23)14-4-5-15(24-2)16(12-14)25-3/h4-5,12H,6-11H2,1-3H3. The van der Waals surface area contributed by atoms with Gasteiger partial charge in [0.2, 0.25) is 11.8 Å². The van der Waals surface area contributed by atoms with E-state index >= 15 is 0 Å². The van der Waals surface area contributed by atoms with Crippen LogP contribution in [0.2, 0.25) is 0 Å². The largest absolute Gasteiger partial charge is 0.493 e. The lowest BCUT2D eigenvalue weighted by Crippen LogP contribution is -2.49. The van der Waals surface area contributed by atoms with Gasteiger partial charge < -0.3 is 18.8 Å². The number of methoxy groups -OCH3 is 2. The number of ether oxygens (including phenoxy) is 2. The van der Waals surface area contributed by atoms with Gasteiger partial charge in [-0.15, -0.1) is 10.2 Å². The zero-order valence-electron chi connectivity index (χ0n) is 15.4. The summed E-state index contributed by atoms with van der Waals surface area (Å²) in [5.74, 6) is 2.44. The second-order valence-corrected chi connectivity index (χ2v) is 6.17. The van der Waals surface area contributed by atoms with Crippen molar-refractivity contribution in [3.05, 3.63) is 35.5 Å². The third-order valence-corrected chi connectivity index (χ3v) is 4.50. The second kappa shape index (κ2) is 8.18. The van der Waals surface area contributed by atoms with E-state index in [0.29, 0.717) is 41.9 Å². The van der Waals surface area contributed by atoms with Gasteiger partial charge in [-0.25, -0.2) is 0 Å². The van der Waals surface area contributed by atoms with Crippen LogP contribution in [-0.2, 0) is 6.42 Å². The molecule has 1 aliphatic heterocycles. The molecule has 0 radical (unpaired) electrons. The Kier molecular flexibility index (Phi) is 5.72. The van der Waals surface area contributed by atoms with Crippen LogP contribution in [0, 0.1) is 6.92 Å². The van der Waals surface area contributed by atoms with Crippen LogP contribution in [0.3, 0.4) is 0 Å². The topological polar surface area (TPSA) is 80.9 Å². The maximum atomic E-state index is 12.7. The minimum absolute atomic E-state index is 0.0122. The maximum absolute atomic E-state index is 12.7. The lowest BCUT2D eigenvalue weighted by Gasteiger charge is -2.34. The van der Waals surface area contributed by atoms with E-state index in [1.807, 2.05) is 4.90 Å². The van der Waals surface area contributed by atoms with Crippen LogP contribution in [-0.4, -0.2) is 72.8 Å². The van der Waals surface area contributed by atoms with Crippen molar-refractivity contribution in [1.29, 1.82) is 0 Å². The molecule has 26 heavy (non-hydrogen) atoms. The van der Waals surface area contributed by atoms with Gasteiger partial charge in [-0.3, -0.25) is 9.69 Å². The minimum Gasteiger partial charge on any atom is -0.493 e. The number of amides is 1. The fourth-order valence-electron chi connectivity index (χ4n) is 3.02. The van der Waals surface area contributed by atoms with Crippen LogP contribution in [0.15, 0.2) is 22.6 Å². The normalized spacial score (nSPS) is 15.1. The van der Waals surface area contributed by atoms with Gasteiger partial charge in [0.25, 0.3) is 5.91 Å². The first-order valence-electron chi connectivity index (χ1n) is 8.63. The van der Waals surface area contributed by atoms with E-state index in [1.54, 1.807) is 39.3 Å². The van der Waals surface area contributed by atoms with Crippen LogP contribution in [0.4, 0.5) is 0 Å². The molecule has 2 heterocycles. The fraction of sp³-hybridized carbons (Fsp3) is 0.500. The number of benzene rings is 1. The minimum atomic E-state index is 0.0122. The summed E-state index contributed by atoms with van der Waals surface area (Å²) in [5.41, 5.74) is 0.609. The van der Waals surface area contributed by atoms with Crippen LogP contribution in [0.25, 0.3) is 0 Å². The highest BCUT2D eigenvalue weighted by molar-refractivity contribution is 5.95. The molecule has 0 saturated carbocycles. The highest BCUT2D eigenvalue weighted by atomic mass is 16.5. The van der Waals surface area contributed by atoms with E-state index in [4.69, 9.17) is 13.9 Å². The van der Waals surface area contributed by atoms with Crippen molar-refractivity contribution < 1.29 is 18.7 Å². The average molecular weight is 360 g/mol. The van der Waals surface area contributed by atoms with Crippen molar-refractivity contribution in [3.8, 4) is 11.5 Å². The summed E-state index contributed by atoms with van der Waals surface area (Å²) in [6.07, 6.45) is 0.727. The van der Waals surface area contributed by atoms with Gasteiger partial charge in [0.15, 0.2) is 11.5 Å². The molecule has 0 bridgehead atoms. The fourth-order valence-corrected chi connectivity index (χ4v) is 3.02. The van der Waals surface area contributed by atoms with Gasteiger partial charge in [0.1, 0.15) is 0 Å². The van der Waals surface area contributed by atoms with Crippen LogP contribution in [0.1, 0.15) is 22.1 Å². The van der Waals surface area contributed by atoms with E-state index < -0.39 is 0 Å². The monoisotopic (exact) mass is 360 g/mol. The number of carbonyl (C=O) groups is 1. The lowest BCUT2D eigenvalue weighted by atomic mass is 10.1. The molecular weight excluding hydrogens is 336 g/mol. The van der Waals surface area contributed by atoms with E-state index in [-0.39, 0.29) is 5.91 Å². The Morgan fingerprint density at radius 2 is 1.85 bits per heavy atom. The quantitative estimate of drug-likeness (QED) is 0.770. The van der Waals surface area contributed by atoms with Gasteiger partial charge >= 0.3 is 0 Å². The number of nitrogens with zero attached hydrogens (tertiary/aromatic N) is 4. The number of rotatable bonds is 6. The summed E-state index contributed by atoms with van der Waals surface area (Å²) in [7, 11) is 3.14. The Labute approximate surface area is 152 Å². The Morgan fingerprint density at radius 1 is 1.12 bits per heavy atom. The van der Waals surface area contributed by atoms with Crippen molar-refractivity contribution in [1.82, 2.24) is 20.0 Å². The molecule has 0 atom stereocenters. The molecule has 0 N–H and O–H groups in total. The number of piperazine rings is 1. The number of carbonyl (C=O) groups excluding carboxylic acids is 1. The number of hydrogen-bond acceptors (Lipinski definition) is 7. The van der Waals surface area contributed by atoms with Crippen molar-refractivity contribution in [2.45, 2.75) is 13.3 Å². The zero-order valence-corrected chi connectivity index (χ0v) is 15.4. The Morgan fingerprint density at radius 3 is 2.46 bits per heavy atom. The number of aryl methyl sites for hydroxylation is 1. The molecule has 140 valence electrons. The van der Waals surface area contributed by atoms with Crippen molar-refractivity contribution in [2.75, 3.05) is 46.9 Å². The molecule has 1 fully saturated rings. The molecule has 0 spiro atoms. The van der Waals surface area contributed by atoms with Crippen molar-refractivity contribution in [3.63, 3.8) is 0 Å². The maximum Gasteiger partial charge on any atom is 0.254 e. The van der Waals surface area contributed by atoms with Crippen molar-refractivity contribution >= 4 is 5.91 Å². The third kappa shape index (κ3) is 4.13. The molecule has 0 aliphatic carbocycles. The summed E-state index contributed by atoms with van der Waals surface area (Å²) < 4.78 is 15.9. The van der Waals surface area contributed by atoms with Gasteiger partial charge in [0.05, 0.1) is 14.2 Å². The van der Waals surface area contributed by atoms with Gasteiger partial charge in [-0.05, 0) is 18.2 Å². The Bertz CT molecular complexity index is 753. The van der Waals surface area contributed by atoms with Crippen molar-refractivity contribution in [2.24, 2.45) is 0 Å². The van der Waals surface area contributed by atoms with Gasteiger partial charge in [-0.2, -0.15) is 0 Å². The Balaban J connectivity index is 1.53. The summed E-state index contributed by atoms with van der Waals surface area (Å²) in [6.45, 7) is 5.67. The molecule has 2 aromatic rings. The molecule has 8 heteroatoms. The van der Waals surface area contributed by atoms with E-state index in [1.165, 1.54) is 0 Å². The molecule has 8 nitrogen and oxygen atoms in total. The first-order valence-corrected chi connectivity index (χ1v) is 8.63. The average Bonchev–Trinajstić information content (AvgIpc) is 3.11. The van der Waals surface area contributed by atoms with E-state index in [9.17, 15) is 4.79 Å². The van der Waals surface area contributed by atoms with E-state index in [2.05, 4.69) is 15.1 Å². The molecule has 1 saturated heterocycles. The Hall–Kier alpha value is -2.61. The number of aromatic nitrogens is 2. The molecular formula is C18H24N4O4. The predicted molar refractivity (Wildman–Crippen MR) is 94.6 cm³/mol. The summed E-state index contributed by atoms with van der Waals surface area (Å²) in [6, 6.07) is 5.26. The van der Waals surface area contributed by atoms with Crippen LogP contribution in [0.5, 0.6) is 11.5 Å². The highest BCUT2D eigenvalue weighted by Crippen LogP contribution is 2.28. The molecule has 1 amide bonds. The molecule has 1 aliphatic rings. The molecule has 1 aromatic carbocycles. The summed E-state index contributed by atoms with van der Waals surface area (Å²) in [4.78, 5) is 16.9. The predicted octanol–water partition coefficient (Wildman–Crippen LogP) is 1.40. The van der Waals surface area contributed by atoms with Gasteiger partial charge in [-0.1, -0.05) is 0 Å². The first-order chi connectivity index (χ1) is 12.6. The summed E-state index contributed by atoms with van der Waals surface area (Å²) in [5, 5.41) is 7.85. The van der Waals surface area contributed by atoms with E-state index in [0.717, 1.165) is 26.1 Å². The second-order valence-electron chi connectivity index (χ2n) is 6.17. The molecule has 3 rings (SSSR count). The first kappa shape index (κ1) is 18.2. The highest BCUT2D eigenvalue weighted by Gasteiger charge is 2.23. The smallest absolute Gasteiger partial charge is 0.254 e. The zero-order chi connectivity index (χ0) is 18.5. The SMILES string of the molecule is COc1ccc(C(=O)N2CCN(CCc3nnc(C)o3)CC2)cc1OC. The number of hydrogen-bond donors (Lipinski definition) is 0. The molecule has 0 unspecified atom stereocenters. The molecule has 1 aromatic heterocycles. The van der Waals surface area contributed by atoms with Crippen LogP contribution >= 0.6 is 0 Å². The lowest BCUT2D eigenvalue weighted by molar-refractivity contribution is 0.0636.